The Kier molecular flexibility index (Phi) is 18.6. The molecular formula is C23H43F3N2O3. The number of ether oxygens (including phenoxy) is 1. The number of carbonyl (C=O) groups is 2. The zero-order valence-electron chi connectivity index (χ0n) is 19.2. The second-order valence-electron chi connectivity index (χ2n) is 8.30. The molecule has 1 atom stereocenters. The van der Waals surface area contributed by atoms with Crippen molar-refractivity contribution in [2.45, 2.75) is 122 Å². The molecule has 0 rings (SSSR count). The van der Waals surface area contributed by atoms with Crippen LogP contribution in [0.5, 0.6) is 0 Å². The predicted octanol–water partition coefficient (Wildman–Crippen LogP) is 5.80. The molecule has 0 aliphatic carbocycles. The summed E-state index contributed by atoms with van der Waals surface area (Å²) < 4.78 is 40.0. The highest BCUT2D eigenvalue weighted by Gasteiger charge is 2.41. The number of halogens is 3. The summed E-state index contributed by atoms with van der Waals surface area (Å²) in [6.07, 6.45) is 15.1. The average molecular weight is 453 g/mol. The standard InChI is InChI=1S/C23H43F3N2O3/c1-2-3-4-5-6-7-8-9-10-11-12-13-14-15-16-17-18-28-21(29)20(27)19-31-22(30)23(24,25)26/h20H,2-19,27H2,1H3,(H,28,29). The molecule has 1 unspecified atom stereocenters. The van der Waals surface area contributed by atoms with Crippen LogP contribution in [-0.4, -0.2) is 37.2 Å². The first-order valence-corrected chi connectivity index (χ1v) is 12.1. The Bertz CT molecular complexity index is 460. The molecule has 0 aromatic heterocycles. The third-order valence-electron chi connectivity index (χ3n) is 5.29. The summed E-state index contributed by atoms with van der Waals surface area (Å²) in [5.74, 6) is -2.95. The number of rotatable bonds is 20. The summed E-state index contributed by atoms with van der Waals surface area (Å²) in [6, 6.07) is -1.30. The minimum Gasteiger partial charge on any atom is -0.457 e. The highest BCUT2D eigenvalue weighted by molar-refractivity contribution is 5.82. The van der Waals surface area contributed by atoms with Gasteiger partial charge >= 0.3 is 12.1 Å². The summed E-state index contributed by atoms with van der Waals surface area (Å²) in [5.41, 5.74) is 5.42. The van der Waals surface area contributed by atoms with E-state index in [9.17, 15) is 22.8 Å². The maximum Gasteiger partial charge on any atom is 0.490 e. The Labute approximate surface area is 186 Å². The lowest BCUT2D eigenvalue weighted by molar-refractivity contribution is -0.200. The lowest BCUT2D eigenvalue weighted by Crippen LogP contribution is -2.45. The molecule has 0 aromatic rings. The van der Waals surface area contributed by atoms with Gasteiger partial charge in [0.2, 0.25) is 5.91 Å². The number of nitrogens with two attached hydrogens (primary N) is 1. The molecule has 8 heteroatoms. The molecule has 31 heavy (non-hydrogen) atoms. The van der Waals surface area contributed by atoms with Gasteiger partial charge < -0.3 is 15.8 Å². The summed E-state index contributed by atoms with van der Waals surface area (Å²) >= 11 is 0. The highest BCUT2D eigenvalue weighted by Crippen LogP contribution is 2.16. The van der Waals surface area contributed by atoms with Crippen molar-refractivity contribution in [2.75, 3.05) is 13.2 Å². The third-order valence-corrected chi connectivity index (χ3v) is 5.29. The molecule has 0 heterocycles. The van der Waals surface area contributed by atoms with Crippen LogP contribution in [0.3, 0.4) is 0 Å². The van der Waals surface area contributed by atoms with E-state index in [-0.39, 0.29) is 0 Å². The van der Waals surface area contributed by atoms with Crippen LogP contribution in [0.4, 0.5) is 13.2 Å². The number of nitrogens with one attached hydrogen (secondary N) is 1. The molecule has 0 radical (unpaired) electrons. The van der Waals surface area contributed by atoms with Crippen LogP contribution in [0.1, 0.15) is 110 Å². The van der Waals surface area contributed by atoms with Gasteiger partial charge in [0, 0.05) is 6.54 Å². The molecule has 0 spiro atoms. The van der Waals surface area contributed by atoms with E-state index in [2.05, 4.69) is 17.0 Å². The van der Waals surface area contributed by atoms with Crippen molar-refractivity contribution in [3.8, 4) is 0 Å². The van der Waals surface area contributed by atoms with Crippen LogP contribution < -0.4 is 11.1 Å². The van der Waals surface area contributed by atoms with Gasteiger partial charge in [-0.3, -0.25) is 4.79 Å². The Morgan fingerprint density at radius 3 is 1.55 bits per heavy atom. The second-order valence-corrected chi connectivity index (χ2v) is 8.30. The number of amides is 1. The van der Waals surface area contributed by atoms with E-state index >= 15 is 0 Å². The molecule has 3 N–H and O–H groups in total. The first-order chi connectivity index (χ1) is 14.8. The van der Waals surface area contributed by atoms with Crippen LogP contribution in [0.15, 0.2) is 0 Å². The van der Waals surface area contributed by atoms with Crippen molar-refractivity contribution >= 4 is 11.9 Å². The predicted molar refractivity (Wildman–Crippen MR) is 118 cm³/mol. The molecular weight excluding hydrogens is 409 g/mol. The van der Waals surface area contributed by atoms with Crippen LogP contribution in [0, 0.1) is 0 Å². The third kappa shape index (κ3) is 19.1. The molecule has 5 nitrogen and oxygen atoms in total. The molecule has 1 amide bonds. The van der Waals surface area contributed by atoms with Crippen molar-refractivity contribution in [1.29, 1.82) is 0 Å². The molecule has 184 valence electrons. The van der Waals surface area contributed by atoms with Crippen LogP contribution >= 0.6 is 0 Å². The Balaban J connectivity index is 3.37. The summed E-state index contributed by atoms with van der Waals surface area (Å²) in [7, 11) is 0. The van der Waals surface area contributed by atoms with Gasteiger partial charge in [0.15, 0.2) is 0 Å². The molecule has 0 saturated carbocycles. The zero-order chi connectivity index (χ0) is 23.4. The van der Waals surface area contributed by atoms with Gasteiger partial charge in [0.1, 0.15) is 12.6 Å². The first-order valence-electron chi connectivity index (χ1n) is 12.1. The maximum atomic E-state index is 12.0. The van der Waals surface area contributed by atoms with Crippen LogP contribution in [0.25, 0.3) is 0 Å². The lowest BCUT2D eigenvalue weighted by atomic mass is 10.0. The number of hydrogen-bond acceptors (Lipinski definition) is 4. The van der Waals surface area contributed by atoms with E-state index in [4.69, 9.17) is 5.73 Å². The molecule has 0 aromatic carbocycles. The van der Waals surface area contributed by atoms with Gasteiger partial charge in [0.05, 0.1) is 0 Å². The van der Waals surface area contributed by atoms with E-state index in [0.29, 0.717) is 6.54 Å². The van der Waals surface area contributed by atoms with Crippen molar-refractivity contribution < 1.29 is 27.5 Å². The lowest BCUT2D eigenvalue weighted by Gasteiger charge is -2.13. The maximum absolute atomic E-state index is 12.0. The van der Waals surface area contributed by atoms with Crippen molar-refractivity contribution in [2.24, 2.45) is 5.73 Å². The van der Waals surface area contributed by atoms with Crippen LogP contribution in [0.2, 0.25) is 0 Å². The summed E-state index contributed by atoms with van der Waals surface area (Å²) in [4.78, 5) is 22.2. The van der Waals surface area contributed by atoms with Crippen LogP contribution in [-0.2, 0) is 14.3 Å². The molecule has 0 fully saturated rings. The normalized spacial score (nSPS) is 12.5. The molecule has 0 saturated heterocycles. The van der Waals surface area contributed by atoms with Crippen molar-refractivity contribution in [3.63, 3.8) is 0 Å². The largest absolute Gasteiger partial charge is 0.490 e. The number of esters is 1. The number of hydrogen-bond donors (Lipinski definition) is 2. The smallest absolute Gasteiger partial charge is 0.457 e. The first kappa shape index (κ1) is 29.7. The van der Waals surface area contributed by atoms with E-state index in [0.717, 1.165) is 19.3 Å². The second kappa shape index (κ2) is 19.4. The van der Waals surface area contributed by atoms with Gasteiger partial charge in [-0.25, -0.2) is 4.79 Å². The quantitative estimate of drug-likeness (QED) is 0.181. The molecule has 0 bridgehead atoms. The Morgan fingerprint density at radius 1 is 0.774 bits per heavy atom. The number of alkyl halides is 3. The molecule has 0 aliphatic heterocycles. The SMILES string of the molecule is CCCCCCCCCCCCCCCCCCNC(=O)C(N)COC(=O)C(F)(F)F. The van der Waals surface area contributed by atoms with Crippen molar-refractivity contribution in [3.05, 3.63) is 0 Å². The molecule has 0 aliphatic rings. The van der Waals surface area contributed by atoms with Gasteiger partial charge in [-0.1, -0.05) is 103 Å². The Hall–Kier alpha value is -1.31. The zero-order valence-corrected chi connectivity index (χ0v) is 19.2. The fraction of sp³-hybridized carbons (Fsp3) is 0.913. The van der Waals surface area contributed by atoms with E-state index < -0.39 is 30.7 Å². The van der Waals surface area contributed by atoms with Gasteiger partial charge in [-0.2, -0.15) is 13.2 Å². The number of unbranched alkanes of at least 4 members (excludes halogenated alkanes) is 15. The van der Waals surface area contributed by atoms with Gasteiger partial charge in [-0.05, 0) is 6.42 Å². The van der Waals surface area contributed by atoms with E-state index in [1.165, 1.54) is 83.5 Å². The average Bonchev–Trinajstić information content (AvgIpc) is 2.73. The fourth-order valence-corrected chi connectivity index (χ4v) is 3.34. The van der Waals surface area contributed by atoms with E-state index in [1.807, 2.05) is 0 Å². The summed E-state index contributed by atoms with van der Waals surface area (Å²) in [6.45, 7) is 1.87. The monoisotopic (exact) mass is 452 g/mol. The Morgan fingerprint density at radius 2 is 1.16 bits per heavy atom. The van der Waals surface area contributed by atoms with Crippen molar-refractivity contribution in [1.82, 2.24) is 5.32 Å². The fourth-order valence-electron chi connectivity index (χ4n) is 3.34. The minimum absolute atomic E-state index is 0.415. The van der Waals surface area contributed by atoms with Gasteiger partial charge in [-0.15, -0.1) is 0 Å². The minimum atomic E-state index is -5.08. The number of carbonyl (C=O) groups excluding carboxylic acids is 2. The highest BCUT2D eigenvalue weighted by atomic mass is 19.4. The van der Waals surface area contributed by atoms with Gasteiger partial charge in [0.25, 0.3) is 0 Å². The summed E-state index contributed by atoms with van der Waals surface area (Å²) in [5, 5.41) is 2.56. The van der Waals surface area contributed by atoms with E-state index in [1.54, 1.807) is 0 Å². The topological polar surface area (TPSA) is 81.4 Å².